The van der Waals surface area contributed by atoms with Crippen LogP contribution in [0.2, 0.25) is 0 Å². The van der Waals surface area contributed by atoms with Gasteiger partial charge in [0.05, 0.1) is 13.2 Å². The van der Waals surface area contributed by atoms with Crippen molar-refractivity contribution in [3.63, 3.8) is 0 Å². The smallest absolute Gasteiger partial charge is 0.414 e. The van der Waals surface area contributed by atoms with Crippen molar-refractivity contribution in [2.75, 3.05) is 26.4 Å². The van der Waals surface area contributed by atoms with Gasteiger partial charge in [0.2, 0.25) is 5.89 Å². The number of nitrogens with two attached hydrogens (primary N) is 1. The molecule has 2 rings (SSSR count). The molecule has 1 fully saturated rings. The largest absolute Gasteiger partial charge is 0.447 e. The number of alkyl halides is 3. The molecule has 0 spiro atoms. The van der Waals surface area contributed by atoms with Gasteiger partial charge in [-0.1, -0.05) is 5.10 Å². The highest BCUT2D eigenvalue weighted by atomic mass is 19.4. The Labute approximate surface area is 118 Å². The Kier molecular flexibility index (Phi) is 5.37. The Morgan fingerprint density at radius 2 is 2.05 bits per heavy atom. The van der Waals surface area contributed by atoms with E-state index in [1.165, 1.54) is 0 Å². The Morgan fingerprint density at radius 1 is 1.24 bits per heavy atom. The summed E-state index contributed by atoms with van der Waals surface area (Å²) in [6, 6.07) is 0.00525. The summed E-state index contributed by atoms with van der Waals surface area (Å²) in [5, 5.41) is 7.40. The summed E-state index contributed by atoms with van der Waals surface area (Å²) in [6.45, 7) is -1.25. The highest BCUT2D eigenvalue weighted by molar-refractivity contribution is 4.92. The molecule has 21 heavy (non-hydrogen) atoms. The van der Waals surface area contributed by atoms with Crippen molar-refractivity contribution < 1.29 is 31.8 Å². The van der Waals surface area contributed by atoms with E-state index in [0.29, 0.717) is 13.0 Å². The quantitative estimate of drug-likeness (QED) is 0.789. The Hall–Kier alpha value is -1.39. The molecule has 1 aromatic rings. The molecule has 0 saturated carbocycles. The lowest BCUT2D eigenvalue weighted by Gasteiger charge is -2.23. The van der Waals surface area contributed by atoms with Gasteiger partial charge in [0, 0.05) is 6.04 Å². The predicted octanol–water partition coefficient (Wildman–Crippen LogP) is 1.21. The van der Waals surface area contributed by atoms with Gasteiger partial charge in [0.1, 0.15) is 19.3 Å². The van der Waals surface area contributed by atoms with Crippen LogP contribution < -0.4 is 10.5 Å². The van der Waals surface area contributed by atoms with Gasteiger partial charge in [-0.05, 0) is 12.8 Å². The Morgan fingerprint density at radius 3 is 2.71 bits per heavy atom. The fourth-order valence-electron chi connectivity index (χ4n) is 1.75. The maximum Gasteiger partial charge on any atom is 0.414 e. The topological polar surface area (TPSA) is 92.6 Å². The summed E-state index contributed by atoms with van der Waals surface area (Å²) in [7, 11) is 0. The molecule has 0 unspecified atom stereocenters. The van der Waals surface area contributed by atoms with Crippen molar-refractivity contribution >= 4 is 0 Å². The van der Waals surface area contributed by atoms with E-state index in [-0.39, 0.29) is 37.3 Å². The summed E-state index contributed by atoms with van der Waals surface area (Å²) in [5.41, 5.74) is 5.69. The molecule has 2 N–H and O–H groups in total. The zero-order valence-corrected chi connectivity index (χ0v) is 11.1. The first-order valence-corrected chi connectivity index (χ1v) is 6.42. The normalized spacial score (nSPS) is 23.2. The van der Waals surface area contributed by atoms with E-state index >= 15 is 0 Å². The van der Waals surface area contributed by atoms with Crippen LogP contribution in [0.15, 0.2) is 4.42 Å². The van der Waals surface area contributed by atoms with Crippen LogP contribution in [0.3, 0.4) is 0 Å². The van der Waals surface area contributed by atoms with Gasteiger partial charge >= 0.3 is 12.3 Å². The van der Waals surface area contributed by atoms with E-state index in [2.05, 4.69) is 14.9 Å². The molecule has 0 radical (unpaired) electrons. The summed E-state index contributed by atoms with van der Waals surface area (Å²) < 4.78 is 55.5. The molecule has 0 amide bonds. The number of aromatic nitrogens is 2. The van der Waals surface area contributed by atoms with Crippen LogP contribution in [-0.2, 0) is 9.47 Å². The van der Waals surface area contributed by atoms with Crippen molar-refractivity contribution in [3.8, 4) is 6.08 Å². The zero-order chi connectivity index (χ0) is 15.3. The molecular weight excluding hydrogens is 295 g/mol. The summed E-state index contributed by atoms with van der Waals surface area (Å²) >= 11 is 0. The second kappa shape index (κ2) is 7.05. The van der Waals surface area contributed by atoms with Gasteiger partial charge in [-0.2, -0.15) is 13.2 Å². The van der Waals surface area contributed by atoms with Crippen LogP contribution in [0, 0.1) is 0 Å². The number of ether oxygens (including phenoxy) is 3. The number of rotatable bonds is 6. The third kappa shape index (κ3) is 5.48. The first kappa shape index (κ1) is 16.0. The highest BCUT2D eigenvalue weighted by Crippen LogP contribution is 2.27. The van der Waals surface area contributed by atoms with E-state index < -0.39 is 12.8 Å². The summed E-state index contributed by atoms with van der Waals surface area (Å²) in [4.78, 5) is 0. The van der Waals surface area contributed by atoms with Gasteiger partial charge in [-0.3, -0.25) is 0 Å². The maximum absolute atomic E-state index is 11.8. The second-order valence-electron chi connectivity index (χ2n) is 4.58. The molecular formula is C11H16F3N3O4. The lowest BCUT2D eigenvalue weighted by atomic mass is 10.1. The lowest BCUT2D eigenvalue weighted by Crippen LogP contribution is -2.32. The van der Waals surface area contributed by atoms with Gasteiger partial charge in [0.25, 0.3) is 0 Å². The second-order valence-corrected chi connectivity index (χ2v) is 4.58. The summed E-state index contributed by atoms with van der Waals surface area (Å²) in [6.07, 6.45) is -3.35. The minimum atomic E-state index is -4.35. The molecule has 7 nitrogen and oxygen atoms in total. The number of hydrogen-bond donors (Lipinski definition) is 1. The molecule has 0 bridgehead atoms. The van der Waals surface area contributed by atoms with Crippen molar-refractivity contribution in [2.45, 2.75) is 31.2 Å². The minimum Gasteiger partial charge on any atom is -0.447 e. The lowest BCUT2D eigenvalue weighted by molar-refractivity contribution is -0.175. The highest BCUT2D eigenvalue weighted by Gasteiger charge is 2.27. The van der Waals surface area contributed by atoms with Crippen molar-refractivity contribution in [3.05, 3.63) is 5.89 Å². The Balaban J connectivity index is 1.68. The average molecular weight is 311 g/mol. The van der Waals surface area contributed by atoms with Crippen LogP contribution in [0.25, 0.3) is 0 Å². The fourth-order valence-corrected chi connectivity index (χ4v) is 1.75. The van der Waals surface area contributed by atoms with Crippen LogP contribution >= 0.6 is 0 Å². The third-order valence-electron chi connectivity index (χ3n) is 2.73. The maximum atomic E-state index is 11.8. The molecule has 2 heterocycles. The molecule has 120 valence electrons. The molecule has 10 heteroatoms. The molecule has 2 atom stereocenters. The molecule has 1 aliphatic rings. The Bertz CT molecular complexity index is 433. The molecule has 1 saturated heterocycles. The predicted molar refractivity (Wildman–Crippen MR) is 62.6 cm³/mol. The van der Waals surface area contributed by atoms with Gasteiger partial charge in [0.15, 0.2) is 0 Å². The van der Waals surface area contributed by atoms with E-state index in [4.69, 9.17) is 19.6 Å². The first-order valence-electron chi connectivity index (χ1n) is 6.42. The van der Waals surface area contributed by atoms with Crippen LogP contribution in [-0.4, -0.2) is 48.8 Å². The monoisotopic (exact) mass is 311 g/mol. The van der Waals surface area contributed by atoms with Crippen molar-refractivity contribution in [2.24, 2.45) is 5.73 Å². The number of hydrogen-bond acceptors (Lipinski definition) is 7. The van der Waals surface area contributed by atoms with E-state index in [9.17, 15) is 13.2 Å². The van der Waals surface area contributed by atoms with Crippen molar-refractivity contribution in [1.29, 1.82) is 0 Å². The standard InChI is InChI=1S/C11H16F3N3O4/c12-11(13,14)6-18-3-4-19-10-17-16-9(21-10)8-2-1-7(15)5-20-8/h7-8H,1-6,15H2/t7-,8+/m1/s1. The van der Waals surface area contributed by atoms with Gasteiger partial charge in [-0.25, -0.2) is 0 Å². The summed E-state index contributed by atoms with van der Waals surface area (Å²) in [5.74, 6) is 0.271. The molecule has 0 aromatic carbocycles. The average Bonchev–Trinajstić information content (AvgIpc) is 2.87. The van der Waals surface area contributed by atoms with Crippen molar-refractivity contribution in [1.82, 2.24) is 10.2 Å². The fraction of sp³-hybridized carbons (Fsp3) is 0.818. The molecule has 0 aliphatic carbocycles. The SMILES string of the molecule is N[C@@H]1CC[C@@H](c2nnc(OCCOCC(F)(F)F)o2)OC1. The van der Waals surface area contributed by atoms with E-state index in [1.54, 1.807) is 0 Å². The van der Waals surface area contributed by atoms with Gasteiger partial charge < -0.3 is 24.4 Å². The van der Waals surface area contributed by atoms with Crippen LogP contribution in [0.1, 0.15) is 24.8 Å². The molecule has 1 aromatic heterocycles. The minimum absolute atomic E-state index is 0.00525. The zero-order valence-electron chi connectivity index (χ0n) is 11.1. The number of nitrogens with zero attached hydrogens (tertiary/aromatic N) is 2. The first-order chi connectivity index (χ1) is 9.94. The third-order valence-corrected chi connectivity index (χ3v) is 2.73. The molecule has 1 aliphatic heterocycles. The van der Waals surface area contributed by atoms with Crippen LogP contribution in [0.5, 0.6) is 6.08 Å². The van der Waals surface area contributed by atoms with E-state index in [0.717, 1.165) is 6.42 Å². The van der Waals surface area contributed by atoms with Crippen LogP contribution in [0.4, 0.5) is 13.2 Å². The van der Waals surface area contributed by atoms with E-state index in [1.807, 2.05) is 0 Å². The van der Waals surface area contributed by atoms with Gasteiger partial charge in [-0.15, -0.1) is 5.10 Å². The number of halogens is 3.